The predicted octanol–water partition coefficient (Wildman–Crippen LogP) is 5.57. The van der Waals surface area contributed by atoms with E-state index in [-0.39, 0.29) is 11.7 Å². The molecule has 0 spiro atoms. The molecule has 0 saturated heterocycles. The van der Waals surface area contributed by atoms with Crippen molar-refractivity contribution < 1.29 is 8.60 Å². The lowest BCUT2D eigenvalue weighted by atomic mass is 9.93. The quantitative estimate of drug-likeness (QED) is 0.453. The van der Waals surface area contributed by atoms with Gasteiger partial charge in [0.25, 0.3) is 0 Å². The van der Waals surface area contributed by atoms with Gasteiger partial charge in [-0.05, 0) is 29.7 Å². The predicted molar refractivity (Wildman–Crippen MR) is 120 cm³/mol. The minimum Gasteiger partial charge on any atom is -0.261 e. The summed E-state index contributed by atoms with van der Waals surface area (Å²) in [5, 5.41) is 8.66. The highest BCUT2D eigenvalue weighted by molar-refractivity contribution is 7.93. The van der Waals surface area contributed by atoms with Crippen molar-refractivity contribution in [3.8, 4) is 11.1 Å². The van der Waals surface area contributed by atoms with Crippen LogP contribution in [0.15, 0.2) is 40.9 Å². The van der Waals surface area contributed by atoms with E-state index in [9.17, 15) is 8.60 Å². The number of aromatic amines is 1. The maximum Gasteiger partial charge on any atom is 0.188 e. The monoisotopic (exact) mass is 425 g/mol. The molecule has 0 fully saturated rings. The molecule has 0 bridgehead atoms. The Kier molecular flexibility index (Phi) is 5.27. The van der Waals surface area contributed by atoms with Crippen LogP contribution in [0, 0.1) is 5.82 Å². The smallest absolute Gasteiger partial charge is 0.188 e. The zero-order valence-electron chi connectivity index (χ0n) is 17.4. The molecule has 0 atom stereocenters. The van der Waals surface area contributed by atoms with Gasteiger partial charge in [-0.3, -0.25) is 5.10 Å². The summed E-state index contributed by atoms with van der Waals surface area (Å²) < 4.78 is 31.3. The van der Waals surface area contributed by atoms with E-state index in [4.69, 9.17) is 9.97 Å². The zero-order valence-corrected chi connectivity index (χ0v) is 18.3. The Bertz CT molecular complexity index is 1340. The van der Waals surface area contributed by atoms with Crippen molar-refractivity contribution in [2.75, 3.05) is 11.5 Å². The zero-order chi connectivity index (χ0) is 21.5. The Hall–Kier alpha value is -2.87. The minimum atomic E-state index is -2.43. The standard InChI is InChI=1S/C22H24FN5OS/c1-5-30(29,6-2)28-22-20-17(11-15-12-24-27-21(15)26-20)18(19(25-22)13(3)4)14-7-9-16(23)10-8-14/h7-13H,5-6H2,1-4H3,(H,24,26,27). The van der Waals surface area contributed by atoms with Crippen molar-refractivity contribution >= 4 is 37.5 Å². The van der Waals surface area contributed by atoms with E-state index in [1.54, 1.807) is 18.3 Å². The van der Waals surface area contributed by atoms with Gasteiger partial charge >= 0.3 is 0 Å². The van der Waals surface area contributed by atoms with Crippen molar-refractivity contribution in [3.63, 3.8) is 0 Å². The SMILES string of the molecule is CCS(=O)(CC)=Nc1nc(C(C)C)c(-c2ccc(F)cc2)c2cc3cn[nH]c3nc12. The normalized spacial score (nSPS) is 12.2. The molecule has 1 N–H and O–H groups in total. The number of pyridine rings is 2. The average Bonchev–Trinajstić information content (AvgIpc) is 3.20. The number of aromatic nitrogens is 4. The van der Waals surface area contributed by atoms with Crippen LogP contribution in [-0.4, -0.2) is 35.9 Å². The van der Waals surface area contributed by atoms with E-state index >= 15 is 0 Å². The summed E-state index contributed by atoms with van der Waals surface area (Å²) in [6, 6.07) is 8.36. The Morgan fingerprint density at radius 1 is 1.13 bits per heavy atom. The summed E-state index contributed by atoms with van der Waals surface area (Å²) in [5.41, 5.74) is 3.72. The molecule has 30 heavy (non-hydrogen) atoms. The lowest BCUT2D eigenvalue weighted by Crippen LogP contribution is -2.06. The second-order valence-electron chi connectivity index (χ2n) is 7.49. The second-order valence-corrected chi connectivity index (χ2v) is 10.4. The molecule has 0 radical (unpaired) electrons. The summed E-state index contributed by atoms with van der Waals surface area (Å²) in [4.78, 5) is 9.56. The van der Waals surface area contributed by atoms with Crippen LogP contribution >= 0.6 is 0 Å². The molecule has 6 nitrogen and oxygen atoms in total. The summed E-state index contributed by atoms with van der Waals surface area (Å²) in [5.74, 6) is 1.04. The lowest BCUT2D eigenvalue weighted by Gasteiger charge is -2.17. The molecule has 3 heterocycles. The third-order valence-electron chi connectivity index (χ3n) is 5.22. The van der Waals surface area contributed by atoms with E-state index < -0.39 is 9.73 Å². The molecule has 0 saturated carbocycles. The fourth-order valence-corrected chi connectivity index (χ4v) is 4.60. The molecule has 0 aliphatic heterocycles. The van der Waals surface area contributed by atoms with Crippen molar-refractivity contribution in [1.29, 1.82) is 0 Å². The van der Waals surface area contributed by atoms with Crippen LogP contribution in [0.1, 0.15) is 39.3 Å². The van der Waals surface area contributed by atoms with E-state index in [1.807, 2.05) is 33.8 Å². The van der Waals surface area contributed by atoms with Crippen molar-refractivity contribution in [2.24, 2.45) is 4.36 Å². The topological polar surface area (TPSA) is 83.9 Å². The number of H-pyrrole nitrogens is 1. The largest absolute Gasteiger partial charge is 0.261 e. The average molecular weight is 426 g/mol. The van der Waals surface area contributed by atoms with Crippen LogP contribution in [0.2, 0.25) is 0 Å². The number of fused-ring (bicyclic) bond motifs is 2. The van der Waals surface area contributed by atoms with Gasteiger partial charge in [-0.15, -0.1) is 0 Å². The highest BCUT2D eigenvalue weighted by atomic mass is 32.2. The molecule has 156 valence electrons. The molecule has 0 unspecified atom stereocenters. The van der Waals surface area contributed by atoms with Gasteiger partial charge in [-0.2, -0.15) is 9.46 Å². The molecule has 4 aromatic rings. The van der Waals surface area contributed by atoms with E-state index in [0.717, 1.165) is 27.6 Å². The minimum absolute atomic E-state index is 0.0720. The van der Waals surface area contributed by atoms with Gasteiger partial charge in [0.05, 0.1) is 21.6 Å². The number of halogens is 1. The Labute approximate surface area is 175 Å². The molecule has 0 aliphatic rings. The maximum absolute atomic E-state index is 13.6. The molecule has 0 aliphatic carbocycles. The van der Waals surface area contributed by atoms with Crippen molar-refractivity contribution in [1.82, 2.24) is 20.2 Å². The fourth-order valence-electron chi connectivity index (χ4n) is 3.49. The number of hydrogen-bond donors (Lipinski definition) is 1. The molecular formula is C22H24FN5OS. The van der Waals surface area contributed by atoms with Crippen LogP contribution in [0.5, 0.6) is 0 Å². The van der Waals surface area contributed by atoms with Gasteiger partial charge in [0.2, 0.25) is 0 Å². The van der Waals surface area contributed by atoms with Crippen LogP contribution in [0.3, 0.4) is 0 Å². The molecule has 1 aromatic carbocycles. The Balaban J connectivity index is 2.18. The maximum atomic E-state index is 13.6. The van der Waals surface area contributed by atoms with Crippen molar-refractivity contribution in [2.45, 2.75) is 33.6 Å². The van der Waals surface area contributed by atoms with Gasteiger partial charge in [0.15, 0.2) is 11.5 Å². The molecular weight excluding hydrogens is 401 g/mol. The third kappa shape index (κ3) is 3.56. The first-order valence-corrected chi connectivity index (χ1v) is 11.9. The number of hydrogen-bond acceptors (Lipinski definition) is 5. The highest BCUT2D eigenvalue weighted by Crippen LogP contribution is 2.39. The first-order chi connectivity index (χ1) is 14.3. The van der Waals surface area contributed by atoms with Gasteiger partial charge in [-0.1, -0.05) is 39.8 Å². The van der Waals surface area contributed by atoms with Gasteiger partial charge in [0, 0.05) is 27.8 Å². The number of benzene rings is 1. The summed E-state index contributed by atoms with van der Waals surface area (Å²) in [6.07, 6.45) is 1.71. The van der Waals surface area contributed by atoms with E-state index in [1.165, 1.54) is 12.1 Å². The van der Waals surface area contributed by atoms with Gasteiger partial charge in [0.1, 0.15) is 11.3 Å². The number of nitrogens with one attached hydrogen (secondary N) is 1. The molecule has 4 rings (SSSR count). The first-order valence-electron chi connectivity index (χ1n) is 10.0. The highest BCUT2D eigenvalue weighted by Gasteiger charge is 2.21. The summed E-state index contributed by atoms with van der Waals surface area (Å²) in [6.45, 7) is 7.83. The molecule has 3 aromatic heterocycles. The first kappa shape index (κ1) is 20.4. The van der Waals surface area contributed by atoms with Crippen molar-refractivity contribution in [3.05, 3.63) is 48.0 Å². The number of rotatable bonds is 5. The summed E-state index contributed by atoms with van der Waals surface area (Å²) in [7, 11) is -2.43. The second kappa shape index (κ2) is 7.75. The number of nitrogens with zero attached hydrogens (tertiary/aromatic N) is 4. The van der Waals surface area contributed by atoms with Crippen LogP contribution in [-0.2, 0) is 9.73 Å². The van der Waals surface area contributed by atoms with Gasteiger partial charge < -0.3 is 0 Å². The van der Waals surface area contributed by atoms with Crippen LogP contribution in [0.25, 0.3) is 33.1 Å². The summed E-state index contributed by atoms with van der Waals surface area (Å²) >= 11 is 0. The van der Waals surface area contributed by atoms with Crippen LogP contribution < -0.4 is 0 Å². The Morgan fingerprint density at radius 3 is 2.47 bits per heavy atom. The van der Waals surface area contributed by atoms with Crippen LogP contribution in [0.4, 0.5) is 10.2 Å². The van der Waals surface area contributed by atoms with E-state index in [0.29, 0.717) is 28.5 Å². The van der Waals surface area contributed by atoms with E-state index in [2.05, 4.69) is 14.6 Å². The molecule has 8 heteroatoms. The lowest BCUT2D eigenvalue weighted by molar-refractivity contribution is 0.628. The molecule has 0 amide bonds. The van der Waals surface area contributed by atoms with Gasteiger partial charge in [-0.25, -0.2) is 18.6 Å². The Morgan fingerprint density at radius 2 is 1.83 bits per heavy atom. The third-order valence-corrected chi connectivity index (χ3v) is 7.53. The fraction of sp³-hybridized carbons (Fsp3) is 0.318.